The number of piperazine rings is 1. The molecule has 0 bridgehead atoms. The minimum atomic E-state index is -0.550. The fraction of sp³-hybridized carbons (Fsp3) is 0.808. The Morgan fingerprint density at radius 2 is 1.57 bits per heavy atom. The van der Waals surface area contributed by atoms with Gasteiger partial charge in [-0.25, -0.2) is 14.3 Å². The molecule has 1 aromatic heterocycles. The molecule has 2 heterocycles. The molecule has 1 aromatic rings. The number of carbonyl (C=O) groups excluding carboxylic acids is 3. The number of carbonyl (C=O) groups is 3. The van der Waals surface area contributed by atoms with Crippen molar-refractivity contribution in [2.75, 3.05) is 32.7 Å². The Bertz CT molecular complexity index is 896. The molecule has 2 atom stereocenters. The number of rotatable bonds is 9. The predicted molar refractivity (Wildman–Crippen MR) is 140 cm³/mol. The lowest BCUT2D eigenvalue weighted by Gasteiger charge is -2.37. The number of unbranched alkanes of at least 4 members (excludes halogenated alkanes) is 1. The minimum absolute atomic E-state index is 0.00352. The van der Waals surface area contributed by atoms with Gasteiger partial charge < -0.3 is 24.6 Å². The average molecular weight is 523 g/mol. The lowest BCUT2D eigenvalue weighted by molar-refractivity contribution is -0.138. The number of hydrogen-bond acceptors (Lipinski definition) is 7. The van der Waals surface area contributed by atoms with E-state index >= 15 is 0 Å². The molecule has 11 heteroatoms. The number of aromatic nitrogens is 3. The van der Waals surface area contributed by atoms with Crippen LogP contribution >= 0.6 is 0 Å². The van der Waals surface area contributed by atoms with Crippen LogP contribution in [-0.2, 0) is 20.7 Å². The molecule has 0 aromatic carbocycles. The Hall–Kier alpha value is -2.85. The monoisotopic (exact) mass is 522 g/mol. The summed E-state index contributed by atoms with van der Waals surface area (Å²) in [7, 11) is 0. The Morgan fingerprint density at radius 1 is 0.973 bits per heavy atom. The van der Waals surface area contributed by atoms with Gasteiger partial charge in [0.1, 0.15) is 17.2 Å². The van der Waals surface area contributed by atoms with E-state index in [-0.39, 0.29) is 17.9 Å². The van der Waals surface area contributed by atoms with E-state index in [0.29, 0.717) is 39.1 Å². The molecule has 1 aliphatic heterocycles. The van der Waals surface area contributed by atoms with Crippen LogP contribution in [0.15, 0.2) is 6.20 Å². The maximum Gasteiger partial charge on any atom is 0.410 e. The topological polar surface area (TPSA) is 119 Å². The molecular weight excluding hydrogens is 476 g/mol. The highest BCUT2D eigenvalue weighted by molar-refractivity contribution is 5.81. The minimum Gasteiger partial charge on any atom is -0.444 e. The van der Waals surface area contributed by atoms with Crippen LogP contribution in [0.4, 0.5) is 9.59 Å². The van der Waals surface area contributed by atoms with Gasteiger partial charge in [-0.1, -0.05) is 25.5 Å². The molecule has 3 amide bonds. The smallest absolute Gasteiger partial charge is 0.410 e. The summed E-state index contributed by atoms with van der Waals surface area (Å²) in [5.41, 5.74) is -0.253. The molecule has 210 valence electrons. The first-order valence-electron chi connectivity index (χ1n) is 13.3. The molecule has 11 nitrogen and oxygen atoms in total. The van der Waals surface area contributed by atoms with Crippen molar-refractivity contribution in [1.29, 1.82) is 0 Å². The summed E-state index contributed by atoms with van der Waals surface area (Å²) in [6.45, 7) is 17.4. The zero-order valence-electron chi connectivity index (χ0n) is 23.9. The maximum absolute atomic E-state index is 13.5. The van der Waals surface area contributed by atoms with Crippen LogP contribution in [0.1, 0.15) is 86.4 Å². The van der Waals surface area contributed by atoms with Crippen molar-refractivity contribution in [3.05, 3.63) is 11.9 Å². The van der Waals surface area contributed by atoms with Crippen LogP contribution in [0.2, 0.25) is 0 Å². The Morgan fingerprint density at radius 3 is 2.14 bits per heavy atom. The summed E-state index contributed by atoms with van der Waals surface area (Å²) in [4.78, 5) is 41.1. The summed E-state index contributed by atoms with van der Waals surface area (Å²) >= 11 is 0. The van der Waals surface area contributed by atoms with Crippen molar-refractivity contribution < 1.29 is 23.9 Å². The second-order valence-electron chi connectivity index (χ2n) is 11.7. The van der Waals surface area contributed by atoms with Gasteiger partial charge in [-0.05, 0) is 66.7 Å². The van der Waals surface area contributed by atoms with Crippen molar-refractivity contribution in [2.24, 2.45) is 5.92 Å². The molecule has 37 heavy (non-hydrogen) atoms. The number of hydrogen-bond donors (Lipinski definition) is 1. The number of nitrogens with zero attached hydrogens (tertiary/aromatic N) is 5. The molecule has 0 saturated carbocycles. The first-order chi connectivity index (χ1) is 17.2. The molecule has 1 fully saturated rings. The molecule has 1 saturated heterocycles. The lowest BCUT2D eigenvalue weighted by atomic mass is 9.97. The standard InChI is InChI=1S/C26H46N6O5/c1-9-19(2)21(22(33)30-14-16-31(17-15-30)24(35)37-26(6,7)8)32-18-20(28-29-32)12-10-11-13-27-23(34)36-25(3,4)5/h18-19,21H,9-17H2,1-8H3,(H,27,34)/t19-,21+/m1/s1. The molecule has 0 radical (unpaired) electrons. The largest absolute Gasteiger partial charge is 0.444 e. The van der Waals surface area contributed by atoms with Crippen LogP contribution in [0.3, 0.4) is 0 Å². The normalized spacial score (nSPS) is 16.2. The summed E-state index contributed by atoms with van der Waals surface area (Å²) in [6.07, 6.45) is 4.21. The van der Waals surface area contributed by atoms with Crippen molar-refractivity contribution in [3.63, 3.8) is 0 Å². The second-order valence-corrected chi connectivity index (χ2v) is 11.7. The SMILES string of the molecule is CC[C@@H](C)[C@@H](C(=O)N1CCN(C(=O)OC(C)(C)C)CC1)n1cc(CCCCNC(=O)OC(C)(C)C)nn1. The third-order valence-corrected chi connectivity index (χ3v) is 6.05. The highest BCUT2D eigenvalue weighted by atomic mass is 16.6. The van der Waals surface area contributed by atoms with Gasteiger partial charge in [0.2, 0.25) is 5.91 Å². The van der Waals surface area contributed by atoms with Crippen LogP contribution < -0.4 is 5.32 Å². The number of nitrogens with one attached hydrogen (secondary N) is 1. The van der Waals surface area contributed by atoms with Gasteiger partial charge in [-0.3, -0.25) is 4.79 Å². The Kier molecular flexibility index (Phi) is 10.8. The molecule has 0 unspecified atom stereocenters. The lowest BCUT2D eigenvalue weighted by Crippen LogP contribution is -2.53. The molecule has 1 aliphatic rings. The van der Waals surface area contributed by atoms with Gasteiger partial charge in [-0.15, -0.1) is 5.10 Å². The highest BCUT2D eigenvalue weighted by Crippen LogP contribution is 2.24. The quantitative estimate of drug-likeness (QED) is 0.490. The zero-order valence-corrected chi connectivity index (χ0v) is 23.9. The van der Waals surface area contributed by atoms with E-state index in [1.54, 1.807) is 14.5 Å². The number of aryl methyl sites for hydroxylation is 1. The first kappa shape index (κ1) is 30.4. The van der Waals surface area contributed by atoms with Crippen molar-refractivity contribution in [2.45, 2.75) is 98.3 Å². The summed E-state index contributed by atoms with van der Waals surface area (Å²) in [6, 6.07) is -0.451. The van der Waals surface area contributed by atoms with Crippen molar-refractivity contribution in [3.8, 4) is 0 Å². The van der Waals surface area contributed by atoms with Crippen LogP contribution in [-0.4, -0.2) is 86.8 Å². The highest BCUT2D eigenvalue weighted by Gasteiger charge is 2.34. The van der Waals surface area contributed by atoms with Crippen molar-refractivity contribution in [1.82, 2.24) is 30.1 Å². The Labute approximate surface area is 221 Å². The summed E-state index contributed by atoms with van der Waals surface area (Å²) in [5.74, 6) is 0.0696. The first-order valence-corrected chi connectivity index (χ1v) is 13.3. The van der Waals surface area contributed by atoms with E-state index in [0.717, 1.165) is 25.0 Å². The third kappa shape index (κ3) is 10.2. The molecule has 0 aliphatic carbocycles. The number of ether oxygens (including phenoxy) is 2. The summed E-state index contributed by atoms with van der Waals surface area (Å²) < 4.78 is 12.4. The van der Waals surface area contributed by atoms with Crippen molar-refractivity contribution >= 4 is 18.1 Å². The average Bonchev–Trinajstić information content (AvgIpc) is 3.24. The Balaban J connectivity index is 1.89. The van der Waals surface area contributed by atoms with E-state index in [4.69, 9.17) is 9.47 Å². The van der Waals surface area contributed by atoms with E-state index in [1.165, 1.54) is 0 Å². The zero-order chi connectivity index (χ0) is 27.8. The van der Waals surface area contributed by atoms with E-state index in [9.17, 15) is 14.4 Å². The van der Waals surface area contributed by atoms with E-state index in [2.05, 4.69) is 22.6 Å². The fourth-order valence-electron chi connectivity index (χ4n) is 3.96. The van der Waals surface area contributed by atoms with Crippen LogP contribution in [0.25, 0.3) is 0 Å². The molecular formula is C26H46N6O5. The number of alkyl carbamates (subject to hydrolysis) is 1. The van der Waals surface area contributed by atoms with E-state index < -0.39 is 23.3 Å². The van der Waals surface area contributed by atoms with Gasteiger partial charge in [0.15, 0.2) is 0 Å². The fourth-order valence-corrected chi connectivity index (χ4v) is 3.96. The summed E-state index contributed by atoms with van der Waals surface area (Å²) in [5, 5.41) is 11.3. The molecule has 2 rings (SSSR count). The van der Waals surface area contributed by atoms with Gasteiger partial charge in [-0.2, -0.15) is 0 Å². The van der Waals surface area contributed by atoms with Gasteiger partial charge in [0.25, 0.3) is 0 Å². The molecule has 0 spiro atoms. The second kappa shape index (κ2) is 13.1. The number of amides is 3. The predicted octanol–water partition coefficient (Wildman–Crippen LogP) is 3.79. The molecule has 1 N–H and O–H groups in total. The maximum atomic E-state index is 13.5. The third-order valence-electron chi connectivity index (χ3n) is 6.05. The van der Waals surface area contributed by atoms with E-state index in [1.807, 2.05) is 54.7 Å². The van der Waals surface area contributed by atoms with Gasteiger partial charge in [0, 0.05) is 38.9 Å². The van der Waals surface area contributed by atoms with Gasteiger partial charge >= 0.3 is 12.2 Å². The van der Waals surface area contributed by atoms with Gasteiger partial charge in [0.05, 0.1) is 5.69 Å². The van der Waals surface area contributed by atoms with Crippen LogP contribution in [0, 0.1) is 5.92 Å². The van der Waals surface area contributed by atoms with Crippen LogP contribution in [0.5, 0.6) is 0 Å².